The van der Waals surface area contributed by atoms with Gasteiger partial charge in [0, 0.05) is 10.9 Å². The monoisotopic (exact) mass is 339 g/mol. The minimum Gasteiger partial charge on any atom is -0.338 e. The van der Waals surface area contributed by atoms with Gasteiger partial charge in [0.15, 0.2) is 0 Å². The van der Waals surface area contributed by atoms with Gasteiger partial charge in [-0.1, -0.05) is 41.1 Å². The lowest BCUT2D eigenvalue weighted by Gasteiger charge is -1.96. The van der Waals surface area contributed by atoms with Crippen LogP contribution in [0.25, 0.3) is 22.0 Å². The lowest BCUT2D eigenvalue weighted by Crippen LogP contribution is -1.88. The molecule has 3 heterocycles. The van der Waals surface area contributed by atoms with Crippen LogP contribution in [0.4, 0.5) is 0 Å². The summed E-state index contributed by atoms with van der Waals surface area (Å²) in [5, 5.41) is 9.07. The third kappa shape index (κ3) is 3.09. The number of rotatable bonds is 4. The Morgan fingerprint density at radius 2 is 1.91 bits per heavy atom. The van der Waals surface area contributed by atoms with Crippen LogP contribution < -0.4 is 0 Å². The Hall–Kier alpha value is -2.31. The summed E-state index contributed by atoms with van der Waals surface area (Å²) in [6.07, 6.45) is 0.564. The van der Waals surface area contributed by atoms with Crippen molar-refractivity contribution in [2.24, 2.45) is 0 Å². The summed E-state index contributed by atoms with van der Waals surface area (Å²) in [5.41, 5.74) is 3.36. The number of thiazole rings is 1. The molecule has 3 aromatic heterocycles. The zero-order valence-electron chi connectivity index (χ0n) is 12.4. The van der Waals surface area contributed by atoms with Crippen LogP contribution >= 0.6 is 22.7 Å². The van der Waals surface area contributed by atoms with Crippen LogP contribution in [0.5, 0.6) is 0 Å². The van der Waals surface area contributed by atoms with E-state index in [1.807, 2.05) is 17.5 Å². The van der Waals surface area contributed by atoms with Crippen LogP contribution in [0, 0.1) is 6.92 Å². The Morgan fingerprint density at radius 3 is 2.70 bits per heavy atom. The van der Waals surface area contributed by atoms with Crippen LogP contribution in [-0.4, -0.2) is 15.1 Å². The SMILES string of the molecule is Cc1ccc(-c2csc(Cc3nc(-c4cccs4)no3)n2)cc1. The zero-order valence-corrected chi connectivity index (χ0v) is 14.0. The molecular weight excluding hydrogens is 326 g/mol. The van der Waals surface area contributed by atoms with Gasteiger partial charge < -0.3 is 4.52 Å². The molecule has 1 aromatic carbocycles. The van der Waals surface area contributed by atoms with E-state index in [1.165, 1.54) is 5.56 Å². The van der Waals surface area contributed by atoms with E-state index >= 15 is 0 Å². The van der Waals surface area contributed by atoms with Gasteiger partial charge in [-0.2, -0.15) is 4.98 Å². The zero-order chi connectivity index (χ0) is 15.6. The molecule has 0 saturated carbocycles. The molecule has 4 rings (SSSR count). The lowest BCUT2D eigenvalue weighted by atomic mass is 10.1. The fraction of sp³-hybridized carbons (Fsp3) is 0.118. The Labute approximate surface area is 141 Å². The molecule has 0 bridgehead atoms. The molecule has 0 saturated heterocycles. The van der Waals surface area contributed by atoms with E-state index in [2.05, 4.69) is 51.7 Å². The van der Waals surface area contributed by atoms with Crippen LogP contribution in [0.2, 0.25) is 0 Å². The third-order valence-electron chi connectivity index (χ3n) is 3.41. The summed E-state index contributed by atoms with van der Waals surface area (Å²) in [5.74, 6) is 1.24. The number of thiophene rings is 1. The summed E-state index contributed by atoms with van der Waals surface area (Å²) >= 11 is 3.21. The van der Waals surface area contributed by atoms with Crippen LogP contribution in [-0.2, 0) is 6.42 Å². The molecule has 4 aromatic rings. The fourth-order valence-corrected chi connectivity index (χ4v) is 3.65. The predicted molar refractivity (Wildman–Crippen MR) is 92.7 cm³/mol. The second-order valence-corrected chi connectivity index (χ2v) is 7.05. The minimum atomic E-state index is 0.564. The van der Waals surface area contributed by atoms with E-state index in [-0.39, 0.29) is 0 Å². The average molecular weight is 339 g/mol. The predicted octanol–water partition coefficient (Wildman–Crippen LogP) is 4.82. The first-order chi connectivity index (χ1) is 11.3. The fourth-order valence-electron chi connectivity index (χ4n) is 2.21. The van der Waals surface area contributed by atoms with Crippen molar-refractivity contribution in [1.29, 1.82) is 0 Å². The molecule has 0 spiro atoms. The number of nitrogens with zero attached hydrogens (tertiary/aromatic N) is 3. The normalized spacial score (nSPS) is 11.0. The van der Waals surface area contributed by atoms with Crippen molar-refractivity contribution >= 4 is 22.7 Å². The second kappa shape index (κ2) is 6.06. The van der Waals surface area contributed by atoms with Crippen molar-refractivity contribution in [2.45, 2.75) is 13.3 Å². The van der Waals surface area contributed by atoms with Crippen molar-refractivity contribution < 1.29 is 4.52 Å². The Balaban J connectivity index is 1.53. The van der Waals surface area contributed by atoms with Crippen molar-refractivity contribution in [2.75, 3.05) is 0 Å². The lowest BCUT2D eigenvalue weighted by molar-refractivity contribution is 0.385. The summed E-state index contributed by atoms with van der Waals surface area (Å²) in [7, 11) is 0. The highest BCUT2D eigenvalue weighted by atomic mass is 32.1. The van der Waals surface area contributed by atoms with Crippen molar-refractivity contribution in [3.05, 3.63) is 63.6 Å². The molecule has 0 atom stereocenters. The van der Waals surface area contributed by atoms with Gasteiger partial charge in [0.05, 0.1) is 17.0 Å². The van der Waals surface area contributed by atoms with Gasteiger partial charge in [-0.25, -0.2) is 4.98 Å². The Morgan fingerprint density at radius 1 is 1.04 bits per heavy atom. The summed E-state index contributed by atoms with van der Waals surface area (Å²) in [6.45, 7) is 2.08. The summed E-state index contributed by atoms with van der Waals surface area (Å²) < 4.78 is 5.34. The minimum absolute atomic E-state index is 0.564. The maximum Gasteiger partial charge on any atom is 0.233 e. The molecule has 0 aliphatic rings. The second-order valence-electron chi connectivity index (χ2n) is 5.16. The smallest absolute Gasteiger partial charge is 0.233 e. The molecule has 0 fully saturated rings. The Bertz CT molecular complexity index is 908. The van der Waals surface area contributed by atoms with Gasteiger partial charge in [-0.3, -0.25) is 0 Å². The van der Waals surface area contributed by atoms with Gasteiger partial charge in [0.1, 0.15) is 5.01 Å². The molecule has 23 heavy (non-hydrogen) atoms. The van der Waals surface area contributed by atoms with E-state index in [1.54, 1.807) is 22.7 Å². The van der Waals surface area contributed by atoms with Crippen LogP contribution in [0.1, 0.15) is 16.5 Å². The molecule has 0 amide bonds. The van der Waals surface area contributed by atoms with E-state index in [4.69, 9.17) is 4.52 Å². The van der Waals surface area contributed by atoms with Gasteiger partial charge in [0.2, 0.25) is 11.7 Å². The van der Waals surface area contributed by atoms with Gasteiger partial charge in [-0.15, -0.1) is 22.7 Å². The Kier molecular flexibility index (Phi) is 3.77. The number of hydrogen-bond donors (Lipinski definition) is 0. The number of aromatic nitrogens is 3. The van der Waals surface area contributed by atoms with Gasteiger partial charge >= 0.3 is 0 Å². The highest BCUT2D eigenvalue weighted by Gasteiger charge is 2.12. The first kappa shape index (κ1) is 14.3. The topological polar surface area (TPSA) is 51.8 Å². The standard InChI is InChI=1S/C17H13N3OS2/c1-11-4-6-12(7-5-11)13-10-23-16(18-13)9-15-19-17(20-21-15)14-3-2-8-22-14/h2-8,10H,9H2,1H3. The molecule has 0 radical (unpaired) electrons. The molecule has 0 N–H and O–H groups in total. The summed E-state index contributed by atoms with van der Waals surface area (Å²) in [6, 6.07) is 12.3. The van der Waals surface area contributed by atoms with Crippen molar-refractivity contribution in [1.82, 2.24) is 15.1 Å². The molecule has 114 valence electrons. The number of aryl methyl sites for hydroxylation is 1. The van der Waals surface area contributed by atoms with E-state index in [9.17, 15) is 0 Å². The first-order valence-corrected chi connectivity index (χ1v) is 8.92. The largest absolute Gasteiger partial charge is 0.338 e. The molecule has 0 aliphatic carbocycles. The van der Waals surface area contributed by atoms with E-state index in [0.29, 0.717) is 18.1 Å². The quantitative estimate of drug-likeness (QED) is 0.535. The maximum absolute atomic E-state index is 5.34. The molecular formula is C17H13N3OS2. The summed E-state index contributed by atoms with van der Waals surface area (Å²) in [4.78, 5) is 10.1. The molecule has 6 heteroatoms. The maximum atomic E-state index is 5.34. The van der Waals surface area contributed by atoms with E-state index < -0.39 is 0 Å². The van der Waals surface area contributed by atoms with Crippen molar-refractivity contribution in [3.8, 4) is 22.0 Å². The number of benzene rings is 1. The van der Waals surface area contributed by atoms with Crippen LogP contribution in [0.3, 0.4) is 0 Å². The van der Waals surface area contributed by atoms with E-state index in [0.717, 1.165) is 21.1 Å². The highest BCUT2D eigenvalue weighted by molar-refractivity contribution is 7.13. The average Bonchev–Trinajstić information content (AvgIpc) is 3.29. The van der Waals surface area contributed by atoms with Crippen LogP contribution in [0.15, 0.2) is 51.7 Å². The van der Waals surface area contributed by atoms with Gasteiger partial charge in [-0.05, 0) is 18.4 Å². The molecule has 0 unspecified atom stereocenters. The number of hydrogen-bond acceptors (Lipinski definition) is 6. The van der Waals surface area contributed by atoms with Crippen molar-refractivity contribution in [3.63, 3.8) is 0 Å². The first-order valence-electron chi connectivity index (χ1n) is 7.16. The molecule has 0 aliphatic heterocycles. The highest BCUT2D eigenvalue weighted by Crippen LogP contribution is 2.25. The molecule has 4 nitrogen and oxygen atoms in total. The third-order valence-corrected chi connectivity index (χ3v) is 5.13. The van der Waals surface area contributed by atoms with Gasteiger partial charge in [0.25, 0.3) is 0 Å².